The Labute approximate surface area is 123 Å². The number of carbonyl (C=O) groups is 1. The van der Waals surface area contributed by atoms with Crippen molar-refractivity contribution in [3.63, 3.8) is 0 Å². The Kier molecular flexibility index (Phi) is 7.77. The standard InChI is InChI=1S/C15H28N2O.ClH/c1-2-14-6-4-3-5-11-17(14)15(18)12-13-7-9-16-10-8-13;/h13-14,16H,2-12H2,1H3;1H. The van der Waals surface area contributed by atoms with Gasteiger partial charge in [0.2, 0.25) is 5.91 Å². The molecule has 19 heavy (non-hydrogen) atoms. The molecular formula is C15H29ClN2O. The number of likely N-dealkylation sites (tertiary alicyclic amines) is 1. The van der Waals surface area contributed by atoms with Gasteiger partial charge < -0.3 is 10.2 Å². The van der Waals surface area contributed by atoms with Crippen molar-refractivity contribution in [2.75, 3.05) is 19.6 Å². The van der Waals surface area contributed by atoms with Gasteiger partial charge in [-0.3, -0.25) is 4.79 Å². The molecule has 2 heterocycles. The van der Waals surface area contributed by atoms with Crippen LogP contribution >= 0.6 is 12.4 Å². The Hall–Kier alpha value is -0.280. The van der Waals surface area contributed by atoms with Crippen LogP contribution in [-0.4, -0.2) is 36.5 Å². The molecule has 0 aromatic rings. The molecule has 1 atom stereocenters. The van der Waals surface area contributed by atoms with E-state index in [9.17, 15) is 4.79 Å². The second-order valence-electron chi connectivity index (χ2n) is 5.90. The van der Waals surface area contributed by atoms with Crippen LogP contribution in [0.4, 0.5) is 0 Å². The van der Waals surface area contributed by atoms with E-state index in [1.807, 2.05) is 0 Å². The summed E-state index contributed by atoms with van der Waals surface area (Å²) in [5.74, 6) is 1.05. The fourth-order valence-corrected chi connectivity index (χ4v) is 3.38. The summed E-state index contributed by atoms with van der Waals surface area (Å²) in [5, 5.41) is 3.37. The Morgan fingerprint density at radius 2 is 1.89 bits per heavy atom. The Morgan fingerprint density at radius 3 is 2.58 bits per heavy atom. The number of piperidine rings is 1. The molecule has 2 aliphatic rings. The molecule has 2 saturated heterocycles. The van der Waals surface area contributed by atoms with Crippen molar-refractivity contribution < 1.29 is 4.79 Å². The van der Waals surface area contributed by atoms with Gasteiger partial charge in [0.25, 0.3) is 0 Å². The minimum absolute atomic E-state index is 0. The van der Waals surface area contributed by atoms with Crippen molar-refractivity contribution >= 4 is 18.3 Å². The molecule has 0 aromatic carbocycles. The van der Waals surface area contributed by atoms with Crippen LogP contribution in [0.25, 0.3) is 0 Å². The lowest BCUT2D eigenvalue weighted by molar-refractivity contribution is -0.134. The summed E-state index contributed by atoms with van der Waals surface area (Å²) in [6, 6.07) is 0.515. The van der Waals surface area contributed by atoms with Crippen molar-refractivity contribution in [1.29, 1.82) is 0 Å². The number of carbonyl (C=O) groups excluding carboxylic acids is 1. The maximum Gasteiger partial charge on any atom is 0.223 e. The number of hydrogen-bond donors (Lipinski definition) is 1. The molecule has 2 rings (SSSR count). The highest BCUT2D eigenvalue weighted by Crippen LogP contribution is 2.23. The van der Waals surface area contributed by atoms with Crippen LogP contribution < -0.4 is 5.32 Å². The minimum atomic E-state index is 0. The van der Waals surface area contributed by atoms with Gasteiger partial charge in [0.05, 0.1) is 0 Å². The van der Waals surface area contributed by atoms with E-state index in [2.05, 4.69) is 17.1 Å². The van der Waals surface area contributed by atoms with Crippen molar-refractivity contribution in [3.05, 3.63) is 0 Å². The zero-order valence-corrected chi connectivity index (χ0v) is 13.0. The maximum atomic E-state index is 12.5. The van der Waals surface area contributed by atoms with Gasteiger partial charge in [-0.15, -0.1) is 12.4 Å². The zero-order chi connectivity index (χ0) is 12.8. The topological polar surface area (TPSA) is 32.3 Å². The van der Waals surface area contributed by atoms with Gasteiger partial charge in [-0.1, -0.05) is 19.8 Å². The number of nitrogens with zero attached hydrogens (tertiary/aromatic N) is 1. The third kappa shape index (κ3) is 4.96. The highest BCUT2D eigenvalue weighted by Gasteiger charge is 2.26. The Balaban J connectivity index is 0.00000180. The molecule has 4 heteroatoms. The van der Waals surface area contributed by atoms with Crippen molar-refractivity contribution in [1.82, 2.24) is 10.2 Å². The summed E-state index contributed by atoms with van der Waals surface area (Å²) in [6.07, 6.45) is 9.29. The predicted octanol–water partition coefficient (Wildman–Crippen LogP) is 2.98. The molecule has 0 bridgehead atoms. The maximum absolute atomic E-state index is 12.5. The SMILES string of the molecule is CCC1CCCCCN1C(=O)CC1CCNCC1.Cl. The lowest BCUT2D eigenvalue weighted by Gasteiger charge is -2.31. The summed E-state index contributed by atoms with van der Waals surface area (Å²) in [7, 11) is 0. The van der Waals surface area contributed by atoms with Crippen LogP contribution in [0.15, 0.2) is 0 Å². The summed E-state index contributed by atoms with van der Waals surface area (Å²) in [6.45, 7) is 5.41. The molecule has 1 amide bonds. The van der Waals surface area contributed by atoms with E-state index in [-0.39, 0.29) is 12.4 Å². The first-order chi connectivity index (χ1) is 8.81. The molecule has 2 fully saturated rings. The van der Waals surface area contributed by atoms with E-state index in [0.29, 0.717) is 17.9 Å². The summed E-state index contributed by atoms with van der Waals surface area (Å²) in [4.78, 5) is 14.7. The van der Waals surface area contributed by atoms with E-state index in [4.69, 9.17) is 0 Å². The first-order valence-corrected chi connectivity index (χ1v) is 7.81. The molecule has 0 spiro atoms. The van der Waals surface area contributed by atoms with E-state index in [1.54, 1.807) is 0 Å². The lowest BCUT2D eigenvalue weighted by atomic mass is 9.93. The third-order valence-electron chi connectivity index (χ3n) is 4.59. The van der Waals surface area contributed by atoms with Crippen LogP contribution in [0.1, 0.15) is 58.3 Å². The summed E-state index contributed by atoms with van der Waals surface area (Å²) in [5.41, 5.74) is 0. The molecule has 1 unspecified atom stereocenters. The van der Waals surface area contributed by atoms with E-state index >= 15 is 0 Å². The van der Waals surface area contributed by atoms with Crippen LogP contribution in [0.3, 0.4) is 0 Å². The monoisotopic (exact) mass is 288 g/mol. The zero-order valence-electron chi connectivity index (χ0n) is 12.2. The largest absolute Gasteiger partial charge is 0.340 e. The molecular weight excluding hydrogens is 260 g/mol. The van der Waals surface area contributed by atoms with Crippen LogP contribution in [0, 0.1) is 5.92 Å². The highest BCUT2D eigenvalue weighted by molar-refractivity contribution is 5.85. The Bertz CT molecular complexity index is 267. The molecule has 2 aliphatic heterocycles. The van der Waals surface area contributed by atoms with Crippen LogP contribution in [-0.2, 0) is 4.79 Å². The van der Waals surface area contributed by atoms with Crippen LogP contribution in [0.5, 0.6) is 0 Å². The third-order valence-corrected chi connectivity index (χ3v) is 4.59. The number of rotatable bonds is 3. The summed E-state index contributed by atoms with van der Waals surface area (Å²) >= 11 is 0. The van der Waals surface area contributed by atoms with Crippen LogP contribution in [0.2, 0.25) is 0 Å². The van der Waals surface area contributed by atoms with Gasteiger partial charge in [0.15, 0.2) is 0 Å². The average molecular weight is 289 g/mol. The molecule has 1 N–H and O–H groups in total. The van der Waals surface area contributed by atoms with Gasteiger partial charge in [0.1, 0.15) is 0 Å². The highest BCUT2D eigenvalue weighted by atomic mass is 35.5. The first-order valence-electron chi connectivity index (χ1n) is 7.81. The quantitative estimate of drug-likeness (QED) is 0.866. The van der Waals surface area contributed by atoms with Gasteiger partial charge in [-0.2, -0.15) is 0 Å². The number of halogens is 1. The van der Waals surface area contributed by atoms with Gasteiger partial charge in [-0.05, 0) is 51.1 Å². The van der Waals surface area contributed by atoms with Crippen molar-refractivity contribution in [2.45, 2.75) is 64.3 Å². The second-order valence-corrected chi connectivity index (χ2v) is 5.90. The molecule has 112 valence electrons. The smallest absolute Gasteiger partial charge is 0.223 e. The van der Waals surface area contributed by atoms with Gasteiger partial charge in [0, 0.05) is 19.0 Å². The molecule has 0 radical (unpaired) electrons. The Morgan fingerprint density at radius 1 is 1.16 bits per heavy atom. The van der Waals surface area contributed by atoms with E-state index in [1.165, 1.54) is 38.5 Å². The second kappa shape index (κ2) is 8.80. The van der Waals surface area contributed by atoms with E-state index < -0.39 is 0 Å². The van der Waals surface area contributed by atoms with Gasteiger partial charge in [-0.25, -0.2) is 0 Å². The fraction of sp³-hybridized carbons (Fsp3) is 0.933. The molecule has 3 nitrogen and oxygen atoms in total. The van der Waals surface area contributed by atoms with E-state index in [0.717, 1.165) is 32.5 Å². The number of nitrogens with one attached hydrogen (secondary N) is 1. The summed E-state index contributed by atoms with van der Waals surface area (Å²) < 4.78 is 0. The number of amides is 1. The molecule has 0 aliphatic carbocycles. The first kappa shape index (κ1) is 16.8. The van der Waals surface area contributed by atoms with Crippen molar-refractivity contribution in [2.24, 2.45) is 5.92 Å². The molecule has 0 aromatic heterocycles. The average Bonchev–Trinajstić information content (AvgIpc) is 2.64. The van der Waals surface area contributed by atoms with Crippen molar-refractivity contribution in [3.8, 4) is 0 Å². The minimum Gasteiger partial charge on any atom is -0.340 e. The van der Waals surface area contributed by atoms with Gasteiger partial charge >= 0.3 is 0 Å². The predicted molar refractivity (Wildman–Crippen MR) is 81.7 cm³/mol. The normalized spacial score (nSPS) is 25.5. The fourth-order valence-electron chi connectivity index (χ4n) is 3.38. The number of hydrogen-bond acceptors (Lipinski definition) is 2. The lowest BCUT2D eigenvalue weighted by Crippen LogP contribution is -2.41. The molecule has 0 saturated carbocycles.